The van der Waals surface area contributed by atoms with Crippen LogP contribution in [0.15, 0.2) is 11.6 Å². The largest absolute Gasteiger partial charge is 0.311 e. The Morgan fingerprint density at radius 1 is 1.62 bits per heavy atom. The SMILES string of the molecule is CC1CN(C/C=C/Cl)C(C)(C)CN1. The van der Waals surface area contributed by atoms with Crippen LogP contribution >= 0.6 is 11.6 Å². The van der Waals surface area contributed by atoms with E-state index >= 15 is 0 Å². The molecule has 3 heteroatoms. The molecular weight excluding hydrogens is 184 g/mol. The second kappa shape index (κ2) is 4.45. The van der Waals surface area contributed by atoms with Crippen LogP contribution in [-0.4, -0.2) is 36.1 Å². The van der Waals surface area contributed by atoms with Crippen LogP contribution in [-0.2, 0) is 0 Å². The van der Waals surface area contributed by atoms with Gasteiger partial charge in [-0.05, 0) is 20.8 Å². The van der Waals surface area contributed by atoms with E-state index < -0.39 is 0 Å². The van der Waals surface area contributed by atoms with E-state index in [2.05, 4.69) is 31.0 Å². The molecule has 76 valence electrons. The number of rotatable bonds is 2. The zero-order chi connectivity index (χ0) is 9.90. The van der Waals surface area contributed by atoms with Gasteiger partial charge in [-0.2, -0.15) is 0 Å². The molecule has 2 nitrogen and oxygen atoms in total. The summed E-state index contributed by atoms with van der Waals surface area (Å²) in [6, 6.07) is 0.580. The van der Waals surface area contributed by atoms with Crippen molar-refractivity contribution in [2.75, 3.05) is 19.6 Å². The van der Waals surface area contributed by atoms with E-state index in [1.807, 2.05) is 6.08 Å². The first-order valence-corrected chi connectivity index (χ1v) is 5.23. The monoisotopic (exact) mass is 202 g/mol. The molecular formula is C10H19ClN2. The molecule has 1 fully saturated rings. The number of hydrogen-bond acceptors (Lipinski definition) is 2. The van der Waals surface area contributed by atoms with Crippen LogP contribution in [0, 0.1) is 0 Å². The predicted molar refractivity (Wildman–Crippen MR) is 58.1 cm³/mol. The zero-order valence-electron chi connectivity index (χ0n) is 8.68. The lowest BCUT2D eigenvalue weighted by Crippen LogP contribution is -2.61. The van der Waals surface area contributed by atoms with E-state index in [0.717, 1.165) is 19.6 Å². The van der Waals surface area contributed by atoms with Gasteiger partial charge in [-0.15, -0.1) is 0 Å². The molecule has 1 aliphatic heterocycles. The van der Waals surface area contributed by atoms with Crippen molar-refractivity contribution in [1.29, 1.82) is 0 Å². The molecule has 1 rings (SSSR count). The molecule has 13 heavy (non-hydrogen) atoms. The predicted octanol–water partition coefficient (Wildman–Crippen LogP) is 1.81. The van der Waals surface area contributed by atoms with Gasteiger partial charge < -0.3 is 5.32 Å². The molecule has 0 radical (unpaired) electrons. The van der Waals surface area contributed by atoms with Crippen LogP contribution in [0.5, 0.6) is 0 Å². The third-order valence-electron chi connectivity index (χ3n) is 2.65. The minimum atomic E-state index is 0.239. The Bertz CT molecular complexity index is 189. The highest BCUT2D eigenvalue weighted by atomic mass is 35.5. The van der Waals surface area contributed by atoms with Gasteiger partial charge in [0.1, 0.15) is 0 Å². The fourth-order valence-electron chi connectivity index (χ4n) is 1.67. The molecule has 0 bridgehead atoms. The molecule has 1 heterocycles. The first-order valence-electron chi connectivity index (χ1n) is 4.80. The van der Waals surface area contributed by atoms with Crippen molar-refractivity contribution in [3.63, 3.8) is 0 Å². The van der Waals surface area contributed by atoms with Crippen LogP contribution in [0.1, 0.15) is 20.8 Å². The van der Waals surface area contributed by atoms with E-state index in [-0.39, 0.29) is 5.54 Å². The summed E-state index contributed by atoms with van der Waals surface area (Å²) in [6.45, 7) is 9.82. The van der Waals surface area contributed by atoms with E-state index in [4.69, 9.17) is 11.6 Å². The number of nitrogens with zero attached hydrogens (tertiary/aromatic N) is 1. The van der Waals surface area contributed by atoms with Crippen molar-refractivity contribution in [1.82, 2.24) is 10.2 Å². The highest BCUT2D eigenvalue weighted by Gasteiger charge is 2.31. The molecule has 1 aliphatic rings. The molecule has 0 aromatic heterocycles. The number of piperazine rings is 1. The fourth-order valence-corrected chi connectivity index (χ4v) is 1.75. The first kappa shape index (κ1) is 11.0. The lowest BCUT2D eigenvalue weighted by molar-refractivity contribution is 0.0831. The van der Waals surface area contributed by atoms with Gasteiger partial charge in [-0.25, -0.2) is 0 Å². The Morgan fingerprint density at radius 2 is 2.31 bits per heavy atom. The van der Waals surface area contributed by atoms with E-state index in [1.165, 1.54) is 0 Å². The maximum atomic E-state index is 5.53. The Balaban J connectivity index is 2.55. The van der Waals surface area contributed by atoms with Gasteiger partial charge >= 0.3 is 0 Å². The molecule has 1 unspecified atom stereocenters. The van der Waals surface area contributed by atoms with Crippen molar-refractivity contribution in [2.24, 2.45) is 0 Å². The molecule has 1 N–H and O–H groups in total. The van der Waals surface area contributed by atoms with Crippen molar-refractivity contribution in [3.8, 4) is 0 Å². The summed E-state index contributed by atoms with van der Waals surface area (Å²) in [5.41, 5.74) is 1.84. The number of hydrogen-bond donors (Lipinski definition) is 1. The minimum absolute atomic E-state index is 0.239. The normalized spacial score (nSPS) is 29.7. The van der Waals surface area contributed by atoms with Crippen LogP contribution < -0.4 is 5.32 Å². The molecule has 1 saturated heterocycles. The standard InChI is InChI=1S/C10H19ClN2/c1-9-7-13(6-4-5-11)10(2,3)8-12-9/h4-5,9,12H,6-8H2,1-3H3/b5-4+. The third-order valence-corrected chi connectivity index (χ3v) is 2.83. The van der Waals surface area contributed by atoms with Crippen LogP contribution in [0.2, 0.25) is 0 Å². The summed E-state index contributed by atoms with van der Waals surface area (Å²) in [5.74, 6) is 0. The maximum absolute atomic E-state index is 5.53. The highest BCUT2D eigenvalue weighted by Crippen LogP contribution is 2.17. The van der Waals surface area contributed by atoms with E-state index in [1.54, 1.807) is 5.54 Å². The summed E-state index contributed by atoms with van der Waals surface area (Å²) < 4.78 is 0. The zero-order valence-corrected chi connectivity index (χ0v) is 9.43. The van der Waals surface area contributed by atoms with Crippen molar-refractivity contribution < 1.29 is 0 Å². The van der Waals surface area contributed by atoms with Gasteiger partial charge in [0.25, 0.3) is 0 Å². The van der Waals surface area contributed by atoms with Gasteiger partial charge in [0, 0.05) is 36.8 Å². The second-order valence-electron chi connectivity index (χ2n) is 4.36. The van der Waals surface area contributed by atoms with E-state index in [0.29, 0.717) is 6.04 Å². The van der Waals surface area contributed by atoms with Crippen LogP contribution in [0.3, 0.4) is 0 Å². The average molecular weight is 203 g/mol. The van der Waals surface area contributed by atoms with Gasteiger partial charge in [0.15, 0.2) is 0 Å². The summed E-state index contributed by atoms with van der Waals surface area (Å²) in [5, 5.41) is 3.48. The molecule has 0 amide bonds. The fraction of sp³-hybridized carbons (Fsp3) is 0.800. The lowest BCUT2D eigenvalue weighted by atomic mass is 9.98. The smallest absolute Gasteiger partial charge is 0.0281 e. The van der Waals surface area contributed by atoms with Gasteiger partial charge in [0.05, 0.1) is 0 Å². The molecule has 1 atom stereocenters. The van der Waals surface area contributed by atoms with Crippen LogP contribution in [0.25, 0.3) is 0 Å². The summed E-state index contributed by atoms with van der Waals surface area (Å²) in [6.07, 6.45) is 2.00. The van der Waals surface area contributed by atoms with Crippen molar-refractivity contribution in [3.05, 3.63) is 11.6 Å². The first-order chi connectivity index (χ1) is 6.06. The molecule has 0 aromatic carbocycles. The van der Waals surface area contributed by atoms with Gasteiger partial charge in [-0.3, -0.25) is 4.90 Å². The summed E-state index contributed by atoms with van der Waals surface area (Å²) in [7, 11) is 0. The molecule has 0 spiro atoms. The Kier molecular flexibility index (Phi) is 3.77. The third kappa shape index (κ3) is 2.97. The van der Waals surface area contributed by atoms with Crippen LogP contribution in [0.4, 0.5) is 0 Å². The minimum Gasteiger partial charge on any atom is -0.311 e. The molecule has 0 aliphatic carbocycles. The van der Waals surface area contributed by atoms with E-state index in [9.17, 15) is 0 Å². The summed E-state index contributed by atoms with van der Waals surface area (Å²) >= 11 is 5.53. The van der Waals surface area contributed by atoms with Gasteiger partial charge in [-0.1, -0.05) is 17.7 Å². The average Bonchev–Trinajstić information content (AvgIpc) is 2.07. The number of nitrogens with one attached hydrogen (secondary N) is 1. The number of halogens is 1. The Morgan fingerprint density at radius 3 is 2.92 bits per heavy atom. The Hall–Kier alpha value is -0.0500. The van der Waals surface area contributed by atoms with Gasteiger partial charge in [0.2, 0.25) is 0 Å². The quantitative estimate of drug-likeness (QED) is 0.735. The van der Waals surface area contributed by atoms with Crippen molar-refractivity contribution >= 4 is 11.6 Å². The topological polar surface area (TPSA) is 15.3 Å². The molecule has 0 saturated carbocycles. The lowest BCUT2D eigenvalue weighted by Gasteiger charge is -2.45. The van der Waals surface area contributed by atoms with Crippen molar-refractivity contribution in [2.45, 2.75) is 32.4 Å². The highest BCUT2D eigenvalue weighted by molar-refractivity contribution is 6.25. The molecule has 0 aromatic rings. The summed E-state index contributed by atoms with van der Waals surface area (Å²) in [4.78, 5) is 2.45. The maximum Gasteiger partial charge on any atom is 0.0281 e. The Labute approximate surface area is 85.9 Å². The second-order valence-corrected chi connectivity index (χ2v) is 4.61.